The summed E-state index contributed by atoms with van der Waals surface area (Å²) in [7, 11) is 0. The molecule has 200 valence electrons. The monoisotopic (exact) mass is 516 g/mol. The van der Waals surface area contributed by atoms with Crippen LogP contribution in [0.3, 0.4) is 0 Å². The molecule has 0 amide bonds. The number of halogens is 3. The Labute approximate surface area is 216 Å². The molecule has 0 radical (unpaired) electrons. The second-order valence-corrected chi connectivity index (χ2v) is 10.5. The Morgan fingerprint density at radius 2 is 1.43 bits per heavy atom. The van der Waals surface area contributed by atoms with Gasteiger partial charge in [-0.1, -0.05) is 39.0 Å². The Kier molecular flexibility index (Phi) is 8.93. The first-order valence-corrected chi connectivity index (χ1v) is 13.4. The lowest BCUT2D eigenvalue weighted by atomic mass is 9.66. The van der Waals surface area contributed by atoms with Crippen LogP contribution in [0.4, 0.5) is 13.2 Å². The van der Waals surface area contributed by atoms with E-state index in [1.165, 1.54) is 69.2 Å². The van der Waals surface area contributed by atoms with E-state index in [2.05, 4.69) is 6.92 Å². The molecule has 4 rings (SSSR count). The van der Waals surface area contributed by atoms with Gasteiger partial charge < -0.3 is 9.47 Å². The molecule has 0 bridgehead atoms. The zero-order valence-electron chi connectivity index (χ0n) is 21.3. The summed E-state index contributed by atoms with van der Waals surface area (Å²) < 4.78 is 49.2. The molecule has 2 aromatic rings. The summed E-state index contributed by atoms with van der Waals surface area (Å²) in [5, 5.41) is 0. The Morgan fingerprint density at radius 1 is 0.811 bits per heavy atom. The zero-order valence-corrected chi connectivity index (χ0v) is 21.3. The molecule has 0 aromatic heterocycles. The molecule has 2 fully saturated rings. The molecule has 0 aliphatic heterocycles. The highest BCUT2D eigenvalue weighted by Gasteiger charge is 2.36. The van der Waals surface area contributed by atoms with Crippen LogP contribution >= 0.6 is 0 Å². The molecule has 0 unspecified atom stereocenters. The zero-order chi connectivity index (χ0) is 26.4. The summed E-state index contributed by atoms with van der Waals surface area (Å²) in [6.07, 6.45) is 7.53. The number of esters is 2. The Hall–Kier alpha value is -2.83. The third-order valence-corrected chi connectivity index (χ3v) is 7.91. The first kappa shape index (κ1) is 27.2. The molecular formula is C30H35F3O4. The Bertz CT molecular complexity index is 1050. The number of hydrogen-bond donors (Lipinski definition) is 0. The Morgan fingerprint density at radius 3 is 2.11 bits per heavy atom. The van der Waals surface area contributed by atoms with E-state index >= 15 is 0 Å². The van der Waals surface area contributed by atoms with Crippen molar-refractivity contribution in [2.24, 2.45) is 17.8 Å². The fraction of sp³-hybridized carbons (Fsp3) is 0.533. The average molecular weight is 517 g/mol. The minimum atomic E-state index is -4.47. The van der Waals surface area contributed by atoms with E-state index in [0.29, 0.717) is 11.5 Å². The minimum absolute atomic E-state index is 0.00193. The lowest BCUT2D eigenvalue weighted by molar-refractivity contribution is -0.137. The van der Waals surface area contributed by atoms with Crippen LogP contribution in [0.15, 0.2) is 48.5 Å². The molecule has 4 nitrogen and oxygen atoms in total. The molecule has 2 aliphatic rings. The van der Waals surface area contributed by atoms with Gasteiger partial charge in [-0.15, -0.1) is 0 Å². The number of fused-ring (bicyclic) bond motifs is 1. The summed E-state index contributed by atoms with van der Waals surface area (Å²) in [5.74, 6) is 1.28. The second-order valence-electron chi connectivity index (χ2n) is 10.5. The standard InChI is InChI=1S/C30H35F3O4/c1-2-3-4-5-20-6-7-24-19-27(17-12-23(24)18-20)37-29(35)22-10-15-26(16-11-22)36-28(34)21-8-13-25(14-9-21)30(31,32)33/h8-11,13-16,20,23-24,27H,2-7,12,17-19H2,1H3/t20-,23+,24+,27+/m0/s1. The van der Waals surface area contributed by atoms with Crippen LogP contribution in [0.5, 0.6) is 5.75 Å². The van der Waals surface area contributed by atoms with Crippen molar-refractivity contribution in [3.63, 3.8) is 0 Å². The van der Waals surface area contributed by atoms with E-state index in [1.54, 1.807) is 0 Å². The van der Waals surface area contributed by atoms with Crippen LogP contribution in [-0.4, -0.2) is 18.0 Å². The third-order valence-electron chi connectivity index (χ3n) is 7.91. The predicted molar refractivity (Wildman–Crippen MR) is 134 cm³/mol. The van der Waals surface area contributed by atoms with Crippen LogP contribution in [-0.2, 0) is 10.9 Å². The number of ether oxygens (including phenoxy) is 2. The van der Waals surface area contributed by atoms with Gasteiger partial charge in [0.05, 0.1) is 16.7 Å². The molecule has 2 aromatic carbocycles. The van der Waals surface area contributed by atoms with Crippen molar-refractivity contribution in [2.75, 3.05) is 0 Å². The molecule has 2 saturated carbocycles. The molecule has 0 saturated heterocycles. The first-order valence-electron chi connectivity index (χ1n) is 13.4. The molecule has 0 N–H and O–H groups in total. The quantitative estimate of drug-likeness (QED) is 0.201. The predicted octanol–water partition coefficient (Wildman–Crippen LogP) is 8.25. The van der Waals surface area contributed by atoms with E-state index in [-0.39, 0.29) is 17.4 Å². The van der Waals surface area contributed by atoms with Gasteiger partial charge >= 0.3 is 18.1 Å². The number of hydrogen-bond acceptors (Lipinski definition) is 4. The van der Waals surface area contributed by atoms with Crippen LogP contribution in [0, 0.1) is 17.8 Å². The number of carbonyl (C=O) groups excluding carboxylic acids is 2. The second kappa shape index (κ2) is 12.1. The highest BCUT2D eigenvalue weighted by Crippen LogP contribution is 2.45. The van der Waals surface area contributed by atoms with Crippen LogP contribution in [0.2, 0.25) is 0 Å². The van der Waals surface area contributed by atoms with E-state index in [4.69, 9.17) is 9.47 Å². The normalized spacial score (nSPS) is 23.7. The highest BCUT2D eigenvalue weighted by atomic mass is 19.4. The van der Waals surface area contributed by atoms with E-state index in [0.717, 1.165) is 55.4 Å². The maximum atomic E-state index is 12.7. The lowest BCUT2D eigenvalue weighted by Crippen LogP contribution is -2.35. The molecule has 2 aliphatic carbocycles. The molecule has 4 atom stereocenters. The van der Waals surface area contributed by atoms with Gasteiger partial charge in [-0.05, 0) is 98.4 Å². The SMILES string of the molecule is CCCCC[C@H]1CC[C@@H]2C[C@H](OC(=O)c3ccc(OC(=O)c4ccc(C(F)(F)F)cc4)cc3)CC[C@@H]2C1. The maximum Gasteiger partial charge on any atom is 0.416 e. The molecule has 0 spiro atoms. The molecule has 0 heterocycles. The number of carbonyl (C=O) groups is 2. The number of rotatable bonds is 8. The summed E-state index contributed by atoms with van der Waals surface area (Å²) in [6.45, 7) is 2.25. The van der Waals surface area contributed by atoms with Gasteiger partial charge in [0.25, 0.3) is 0 Å². The van der Waals surface area contributed by atoms with Crippen LogP contribution in [0.1, 0.15) is 97.4 Å². The molecule has 7 heteroatoms. The highest BCUT2D eigenvalue weighted by molar-refractivity contribution is 5.92. The fourth-order valence-corrected chi connectivity index (χ4v) is 5.84. The van der Waals surface area contributed by atoms with Gasteiger partial charge in [-0.25, -0.2) is 9.59 Å². The number of unbranched alkanes of at least 4 members (excludes halogenated alkanes) is 2. The van der Waals surface area contributed by atoms with E-state index < -0.39 is 23.7 Å². The Balaban J connectivity index is 1.25. The third kappa shape index (κ3) is 7.36. The molecular weight excluding hydrogens is 481 g/mol. The summed E-state index contributed by atoms with van der Waals surface area (Å²) in [5.41, 5.74) is -0.464. The van der Waals surface area contributed by atoms with Gasteiger partial charge in [0, 0.05) is 0 Å². The number of benzene rings is 2. The summed E-state index contributed by atoms with van der Waals surface area (Å²) >= 11 is 0. The number of alkyl halides is 3. The van der Waals surface area contributed by atoms with E-state index in [1.807, 2.05) is 0 Å². The van der Waals surface area contributed by atoms with E-state index in [9.17, 15) is 22.8 Å². The van der Waals surface area contributed by atoms with Crippen molar-refractivity contribution in [1.29, 1.82) is 0 Å². The van der Waals surface area contributed by atoms with Gasteiger partial charge in [0.1, 0.15) is 11.9 Å². The van der Waals surface area contributed by atoms with Crippen molar-refractivity contribution in [3.05, 3.63) is 65.2 Å². The van der Waals surface area contributed by atoms with Crippen molar-refractivity contribution in [1.82, 2.24) is 0 Å². The van der Waals surface area contributed by atoms with Crippen molar-refractivity contribution in [3.8, 4) is 5.75 Å². The summed E-state index contributed by atoms with van der Waals surface area (Å²) in [6, 6.07) is 9.85. The van der Waals surface area contributed by atoms with Gasteiger partial charge in [-0.2, -0.15) is 13.2 Å². The van der Waals surface area contributed by atoms with Gasteiger partial charge in [-0.3, -0.25) is 0 Å². The average Bonchev–Trinajstić information content (AvgIpc) is 2.89. The van der Waals surface area contributed by atoms with Crippen LogP contribution < -0.4 is 4.74 Å². The summed E-state index contributed by atoms with van der Waals surface area (Å²) in [4.78, 5) is 25.0. The topological polar surface area (TPSA) is 52.6 Å². The first-order chi connectivity index (χ1) is 17.7. The minimum Gasteiger partial charge on any atom is -0.459 e. The largest absolute Gasteiger partial charge is 0.459 e. The maximum absolute atomic E-state index is 12.7. The van der Waals surface area contributed by atoms with Crippen molar-refractivity contribution < 1.29 is 32.2 Å². The molecule has 37 heavy (non-hydrogen) atoms. The van der Waals surface area contributed by atoms with Gasteiger partial charge in [0.2, 0.25) is 0 Å². The van der Waals surface area contributed by atoms with Crippen molar-refractivity contribution in [2.45, 2.75) is 83.4 Å². The fourth-order valence-electron chi connectivity index (χ4n) is 5.84. The van der Waals surface area contributed by atoms with Crippen LogP contribution in [0.25, 0.3) is 0 Å². The lowest BCUT2D eigenvalue weighted by Gasteiger charge is -2.42. The van der Waals surface area contributed by atoms with Gasteiger partial charge in [0.15, 0.2) is 0 Å². The smallest absolute Gasteiger partial charge is 0.416 e. The van der Waals surface area contributed by atoms with Crippen molar-refractivity contribution >= 4 is 11.9 Å².